The van der Waals surface area contributed by atoms with Crippen molar-refractivity contribution >= 4 is 40.8 Å². The van der Waals surface area contributed by atoms with E-state index in [0.717, 1.165) is 41.5 Å². The molecule has 0 fully saturated rings. The van der Waals surface area contributed by atoms with Crippen LogP contribution in [0.15, 0.2) is 60.7 Å². The lowest BCUT2D eigenvalue weighted by Crippen LogP contribution is -2.15. The third-order valence-electron chi connectivity index (χ3n) is 5.12. The number of benzene rings is 3. The second kappa shape index (κ2) is 11.2. The molecule has 0 unspecified atom stereocenters. The summed E-state index contributed by atoms with van der Waals surface area (Å²) in [4.78, 5) is 24.8. The molecule has 0 radical (unpaired) electrons. The molecule has 3 aromatic rings. The van der Waals surface area contributed by atoms with Crippen molar-refractivity contribution in [2.45, 2.75) is 32.6 Å². The van der Waals surface area contributed by atoms with E-state index in [4.69, 9.17) is 27.9 Å². The largest absolute Gasteiger partial charge is 0.465 e. The van der Waals surface area contributed by atoms with E-state index in [1.165, 1.54) is 7.11 Å². The topological polar surface area (TPSA) is 55.4 Å². The third-order valence-corrected chi connectivity index (χ3v) is 5.86. The molecule has 0 aliphatic heterocycles. The standard InChI is InChI=1S/C26H25Cl2NO3/c1-3-4-6-17-9-11-21(19-7-5-8-20(16-19)26(31)32-2)24(14-17)29-25(30)15-18-10-12-22(27)23(28)13-18/h5,7-14,16H,3-4,6,15H2,1-2H3,(H,29,30). The van der Waals surface area contributed by atoms with Crippen LogP contribution in [0.3, 0.4) is 0 Å². The van der Waals surface area contributed by atoms with E-state index in [1.807, 2.05) is 18.2 Å². The van der Waals surface area contributed by atoms with Crippen LogP contribution in [0.1, 0.15) is 41.3 Å². The second-order valence-electron chi connectivity index (χ2n) is 7.53. The molecule has 0 atom stereocenters. The number of hydrogen-bond donors (Lipinski definition) is 1. The summed E-state index contributed by atoms with van der Waals surface area (Å²) in [5.74, 6) is -0.571. The summed E-state index contributed by atoms with van der Waals surface area (Å²) in [5, 5.41) is 3.91. The summed E-state index contributed by atoms with van der Waals surface area (Å²) in [6, 6.07) is 18.4. The van der Waals surface area contributed by atoms with Crippen molar-refractivity contribution in [3.05, 3.63) is 87.4 Å². The minimum Gasteiger partial charge on any atom is -0.465 e. The predicted octanol–water partition coefficient (Wildman–Crippen LogP) is 6.97. The number of aryl methyl sites for hydroxylation is 1. The zero-order valence-corrected chi connectivity index (χ0v) is 19.6. The molecule has 6 heteroatoms. The minimum absolute atomic E-state index is 0.164. The van der Waals surface area contributed by atoms with Gasteiger partial charge in [-0.2, -0.15) is 0 Å². The Kier molecular flexibility index (Phi) is 8.32. The smallest absolute Gasteiger partial charge is 0.337 e. The van der Waals surface area contributed by atoms with Gasteiger partial charge in [0.05, 0.1) is 29.1 Å². The van der Waals surface area contributed by atoms with Gasteiger partial charge in [-0.25, -0.2) is 4.79 Å². The average Bonchev–Trinajstić information content (AvgIpc) is 2.79. The Morgan fingerprint density at radius 3 is 2.44 bits per heavy atom. The lowest BCUT2D eigenvalue weighted by molar-refractivity contribution is -0.115. The highest BCUT2D eigenvalue weighted by Gasteiger charge is 2.13. The van der Waals surface area contributed by atoms with E-state index < -0.39 is 5.97 Å². The number of unbranched alkanes of at least 4 members (excludes halogenated alkanes) is 1. The van der Waals surface area contributed by atoms with Crippen molar-refractivity contribution in [2.24, 2.45) is 0 Å². The molecule has 0 saturated heterocycles. The van der Waals surface area contributed by atoms with Gasteiger partial charge >= 0.3 is 5.97 Å². The van der Waals surface area contributed by atoms with Gasteiger partial charge in [-0.15, -0.1) is 0 Å². The first-order valence-corrected chi connectivity index (χ1v) is 11.2. The van der Waals surface area contributed by atoms with E-state index in [2.05, 4.69) is 18.3 Å². The Hall–Kier alpha value is -2.82. The highest BCUT2D eigenvalue weighted by Crippen LogP contribution is 2.31. The molecule has 3 aromatic carbocycles. The first-order valence-electron chi connectivity index (χ1n) is 10.5. The number of carbonyl (C=O) groups excluding carboxylic acids is 2. The number of halogens is 2. The van der Waals surface area contributed by atoms with Crippen molar-refractivity contribution < 1.29 is 14.3 Å². The van der Waals surface area contributed by atoms with Gasteiger partial charge in [0.2, 0.25) is 5.91 Å². The van der Waals surface area contributed by atoms with Gasteiger partial charge in [-0.05, 0) is 59.9 Å². The zero-order valence-electron chi connectivity index (χ0n) is 18.1. The molecule has 32 heavy (non-hydrogen) atoms. The Labute approximate surface area is 198 Å². The van der Waals surface area contributed by atoms with Crippen LogP contribution in [0.4, 0.5) is 5.69 Å². The van der Waals surface area contributed by atoms with Crippen LogP contribution in [0, 0.1) is 0 Å². The van der Waals surface area contributed by atoms with Gasteiger partial charge in [0, 0.05) is 11.3 Å². The molecule has 0 aliphatic rings. The Morgan fingerprint density at radius 1 is 0.938 bits per heavy atom. The number of hydrogen-bond acceptors (Lipinski definition) is 3. The van der Waals surface area contributed by atoms with Crippen LogP contribution >= 0.6 is 23.2 Å². The Balaban J connectivity index is 1.92. The predicted molar refractivity (Wildman–Crippen MR) is 131 cm³/mol. The van der Waals surface area contributed by atoms with E-state index in [-0.39, 0.29) is 12.3 Å². The lowest BCUT2D eigenvalue weighted by atomic mass is 9.97. The summed E-state index contributed by atoms with van der Waals surface area (Å²) >= 11 is 12.1. The number of anilines is 1. The molecule has 0 spiro atoms. The van der Waals surface area contributed by atoms with Gasteiger partial charge in [0.15, 0.2) is 0 Å². The van der Waals surface area contributed by atoms with Crippen LogP contribution < -0.4 is 5.32 Å². The molecule has 4 nitrogen and oxygen atoms in total. The van der Waals surface area contributed by atoms with Gasteiger partial charge in [0.25, 0.3) is 0 Å². The molecule has 0 bridgehead atoms. The fourth-order valence-electron chi connectivity index (χ4n) is 3.44. The van der Waals surface area contributed by atoms with Crippen LogP contribution in [-0.4, -0.2) is 19.0 Å². The van der Waals surface area contributed by atoms with Crippen molar-refractivity contribution in [3.8, 4) is 11.1 Å². The highest BCUT2D eigenvalue weighted by molar-refractivity contribution is 6.42. The minimum atomic E-state index is -0.406. The van der Waals surface area contributed by atoms with E-state index in [1.54, 1.807) is 36.4 Å². The van der Waals surface area contributed by atoms with Crippen LogP contribution in [0.5, 0.6) is 0 Å². The van der Waals surface area contributed by atoms with Gasteiger partial charge < -0.3 is 10.1 Å². The summed E-state index contributed by atoms with van der Waals surface area (Å²) in [6.07, 6.45) is 3.24. The van der Waals surface area contributed by atoms with Crippen LogP contribution in [0.2, 0.25) is 10.0 Å². The van der Waals surface area contributed by atoms with Gasteiger partial charge in [-0.3, -0.25) is 4.79 Å². The molecular formula is C26H25Cl2NO3. The Morgan fingerprint density at radius 2 is 1.72 bits per heavy atom. The quantitative estimate of drug-likeness (QED) is 0.362. The van der Waals surface area contributed by atoms with Crippen LogP contribution in [0.25, 0.3) is 11.1 Å². The second-order valence-corrected chi connectivity index (χ2v) is 8.34. The first-order chi connectivity index (χ1) is 15.4. The third kappa shape index (κ3) is 6.12. The number of carbonyl (C=O) groups is 2. The molecule has 1 amide bonds. The number of ether oxygens (including phenoxy) is 1. The van der Waals surface area contributed by atoms with Crippen LogP contribution in [-0.2, 0) is 22.4 Å². The van der Waals surface area contributed by atoms with E-state index >= 15 is 0 Å². The molecule has 0 aromatic heterocycles. The summed E-state index contributed by atoms with van der Waals surface area (Å²) in [5.41, 5.74) is 4.72. The SMILES string of the molecule is CCCCc1ccc(-c2cccc(C(=O)OC)c2)c(NC(=O)Cc2ccc(Cl)c(Cl)c2)c1. The van der Waals surface area contributed by atoms with Crippen molar-refractivity contribution in [2.75, 3.05) is 12.4 Å². The first kappa shape index (κ1) is 23.8. The fraction of sp³-hybridized carbons (Fsp3) is 0.231. The van der Waals surface area contributed by atoms with Crippen molar-refractivity contribution in [1.29, 1.82) is 0 Å². The normalized spacial score (nSPS) is 10.6. The molecule has 0 saturated carbocycles. The monoisotopic (exact) mass is 469 g/mol. The highest BCUT2D eigenvalue weighted by atomic mass is 35.5. The molecular weight excluding hydrogens is 445 g/mol. The Bertz CT molecular complexity index is 1130. The fourth-order valence-corrected chi connectivity index (χ4v) is 3.76. The van der Waals surface area contributed by atoms with Crippen molar-refractivity contribution in [3.63, 3.8) is 0 Å². The number of methoxy groups -OCH3 is 1. The molecule has 0 aliphatic carbocycles. The number of esters is 1. The van der Waals surface area contributed by atoms with E-state index in [0.29, 0.717) is 21.3 Å². The number of nitrogens with one attached hydrogen (secondary N) is 1. The van der Waals surface area contributed by atoms with Crippen molar-refractivity contribution in [1.82, 2.24) is 0 Å². The maximum absolute atomic E-state index is 12.8. The maximum Gasteiger partial charge on any atom is 0.337 e. The van der Waals surface area contributed by atoms with Gasteiger partial charge in [0.1, 0.15) is 0 Å². The summed E-state index contributed by atoms with van der Waals surface area (Å²) in [7, 11) is 1.35. The van der Waals surface area contributed by atoms with E-state index in [9.17, 15) is 9.59 Å². The lowest BCUT2D eigenvalue weighted by Gasteiger charge is -2.14. The number of rotatable bonds is 8. The molecule has 3 rings (SSSR count). The molecule has 1 N–H and O–H groups in total. The van der Waals surface area contributed by atoms with Gasteiger partial charge in [-0.1, -0.05) is 66.9 Å². The maximum atomic E-state index is 12.8. The molecule has 166 valence electrons. The molecule has 0 heterocycles. The summed E-state index contributed by atoms with van der Waals surface area (Å²) in [6.45, 7) is 2.15. The number of amides is 1. The summed E-state index contributed by atoms with van der Waals surface area (Å²) < 4.78 is 4.84. The zero-order chi connectivity index (χ0) is 23.1. The average molecular weight is 470 g/mol.